The maximum atomic E-state index is 4.30. The molecule has 0 radical (unpaired) electrons. The summed E-state index contributed by atoms with van der Waals surface area (Å²) in [5.41, 5.74) is 0. The van der Waals surface area contributed by atoms with E-state index in [0.717, 1.165) is 23.4 Å². The minimum atomic E-state index is 0.838. The summed E-state index contributed by atoms with van der Waals surface area (Å²) in [6, 6.07) is 3.99. The zero-order valence-electron chi connectivity index (χ0n) is 7.70. The number of rotatable bonds is 4. The SMILES string of the molecule is C=CCN(CC)c1ccc(Br)cn1. The monoisotopic (exact) mass is 240 g/mol. The smallest absolute Gasteiger partial charge is 0.128 e. The number of hydrogen-bond acceptors (Lipinski definition) is 2. The standard InChI is InChI=1S/C10H13BrN2/c1-3-7-13(4-2)10-6-5-9(11)8-12-10/h3,5-6,8H,1,4,7H2,2H3. The summed E-state index contributed by atoms with van der Waals surface area (Å²) in [6.07, 6.45) is 3.69. The predicted molar refractivity (Wildman–Crippen MR) is 60.0 cm³/mol. The molecule has 1 heterocycles. The highest BCUT2D eigenvalue weighted by molar-refractivity contribution is 9.10. The van der Waals surface area contributed by atoms with Crippen LogP contribution in [0.15, 0.2) is 35.5 Å². The van der Waals surface area contributed by atoms with E-state index in [1.165, 1.54) is 0 Å². The lowest BCUT2D eigenvalue weighted by Gasteiger charge is -2.19. The molecular weight excluding hydrogens is 228 g/mol. The third-order valence-corrected chi connectivity index (χ3v) is 2.24. The van der Waals surface area contributed by atoms with Crippen molar-refractivity contribution in [1.82, 2.24) is 4.98 Å². The van der Waals surface area contributed by atoms with Crippen molar-refractivity contribution in [1.29, 1.82) is 0 Å². The maximum absolute atomic E-state index is 4.30. The Kier molecular flexibility index (Phi) is 3.96. The van der Waals surface area contributed by atoms with Gasteiger partial charge in [0.1, 0.15) is 5.82 Å². The first kappa shape index (κ1) is 10.3. The van der Waals surface area contributed by atoms with Crippen LogP contribution in [0.2, 0.25) is 0 Å². The zero-order chi connectivity index (χ0) is 9.68. The first-order valence-corrected chi connectivity index (χ1v) is 5.04. The summed E-state index contributed by atoms with van der Waals surface area (Å²) < 4.78 is 1.01. The molecule has 0 saturated heterocycles. The first-order chi connectivity index (χ1) is 6.27. The third-order valence-electron chi connectivity index (χ3n) is 1.77. The topological polar surface area (TPSA) is 16.1 Å². The van der Waals surface area contributed by atoms with Gasteiger partial charge in [-0.2, -0.15) is 0 Å². The lowest BCUT2D eigenvalue weighted by molar-refractivity contribution is 0.882. The summed E-state index contributed by atoms with van der Waals surface area (Å²) in [5, 5.41) is 0. The molecule has 1 aromatic heterocycles. The fourth-order valence-electron chi connectivity index (χ4n) is 1.10. The Morgan fingerprint density at radius 3 is 2.85 bits per heavy atom. The lowest BCUT2D eigenvalue weighted by atomic mass is 10.4. The van der Waals surface area contributed by atoms with Crippen LogP contribution in [0.5, 0.6) is 0 Å². The van der Waals surface area contributed by atoms with Crippen molar-refractivity contribution in [2.75, 3.05) is 18.0 Å². The second kappa shape index (κ2) is 5.02. The fourth-order valence-corrected chi connectivity index (χ4v) is 1.33. The van der Waals surface area contributed by atoms with Crippen LogP contribution in [0.1, 0.15) is 6.92 Å². The van der Waals surface area contributed by atoms with Crippen LogP contribution >= 0.6 is 15.9 Å². The Bertz CT molecular complexity index is 269. The molecule has 13 heavy (non-hydrogen) atoms. The van der Waals surface area contributed by atoms with Crippen LogP contribution in [0.25, 0.3) is 0 Å². The number of anilines is 1. The molecule has 0 aromatic carbocycles. The van der Waals surface area contributed by atoms with E-state index >= 15 is 0 Å². The van der Waals surface area contributed by atoms with Gasteiger partial charge in [0.2, 0.25) is 0 Å². The van der Waals surface area contributed by atoms with Gasteiger partial charge in [0.25, 0.3) is 0 Å². The van der Waals surface area contributed by atoms with Crippen LogP contribution < -0.4 is 4.90 Å². The van der Waals surface area contributed by atoms with E-state index in [-0.39, 0.29) is 0 Å². The lowest BCUT2D eigenvalue weighted by Crippen LogP contribution is -2.23. The Morgan fingerprint density at radius 1 is 1.62 bits per heavy atom. The Labute approximate surface area is 87.4 Å². The first-order valence-electron chi connectivity index (χ1n) is 4.25. The van der Waals surface area contributed by atoms with Crippen LogP contribution in [0.3, 0.4) is 0 Å². The molecule has 0 fully saturated rings. The molecule has 2 nitrogen and oxygen atoms in total. The highest BCUT2D eigenvalue weighted by atomic mass is 79.9. The quantitative estimate of drug-likeness (QED) is 0.753. The van der Waals surface area contributed by atoms with Gasteiger partial charge in [-0.3, -0.25) is 0 Å². The van der Waals surface area contributed by atoms with E-state index in [1.807, 2.05) is 18.2 Å². The van der Waals surface area contributed by atoms with Crippen molar-refractivity contribution < 1.29 is 0 Å². The third kappa shape index (κ3) is 2.84. The molecule has 1 rings (SSSR count). The summed E-state index contributed by atoms with van der Waals surface area (Å²) >= 11 is 3.35. The number of likely N-dealkylation sites (N-methyl/N-ethyl adjacent to an activating group) is 1. The van der Waals surface area contributed by atoms with Gasteiger partial charge in [0, 0.05) is 23.8 Å². The number of nitrogens with zero attached hydrogens (tertiary/aromatic N) is 2. The highest BCUT2D eigenvalue weighted by Crippen LogP contribution is 2.14. The number of pyridine rings is 1. The second-order valence-corrected chi connectivity index (χ2v) is 3.58. The van der Waals surface area contributed by atoms with Crippen LogP contribution in [-0.4, -0.2) is 18.1 Å². The van der Waals surface area contributed by atoms with Crippen molar-refractivity contribution in [2.24, 2.45) is 0 Å². The number of hydrogen-bond donors (Lipinski definition) is 0. The molecule has 0 N–H and O–H groups in total. The molecule has 70 valence electrons. The Balaban J connectivity index is 2.78. The summed E-state index contributed by atoms with van der Waals surface area (Å²) in [5.74, 6) is 0.991. The van der Waals surface area contributed by atoms with Gasteiger partial charge in [0.05, 0.1) is 0 Å². The van der Waals surface area contributed by atoms with Crippen molar-refractivity contribution in [3.63, 3.8) is 0 Å². The predicted octanol–water partition coefficient (Wildman–Crippen LogP) is 2.86. The molecule has 1 aromatic rings. The average Bonchev–Trinajstić information content (AvgIpc) is 2.16. The molecule has 0 amide bonds. The summed E-state index contributed by atoms with van der Waals surface area (Å²) in [6.45, 7) is 7.60. The molecule has 0 bridgehead atoms. The van der Waals surface area contributed by atoms with Crippen molar-refractivity contribution in [3.05, 3.63) is 35.5 Å². The van der Waals surface area contributed by atoms with Gasteiger partial charge in [-0.05, 0) is 35.0 Å². The molecule has 0 unspecified atom stereocenters. The van der Waals surface area contributed by atoms with Crippen molar-refractivity contribution in [2.45, 2.75) is 6.92 Å². The molecular formula is C10H13BrN2. The van der Waals surface area contributed by atoms with E-state index in [0.29, 0.717) is 0 Å². The molecule has 0 atom stereocenters. The zero-order valence-corrected chi connectivity index (χ0v) is 9.29. The van der Waals surface area contributed by atoms with E-state index in [9.17, 15) is 0 Å². The van der Waals surface area contributed by atoms with Crippen LogP contribution in [0.4, 0.5) is 5.82 Å². The van der Waals surface area contributed by atoms with Gasteiger partial charge in [-0.1, -0.05) is 6.08 Å². The number of halogens is 1. The second-order valence-electron chi connectivity index (χ2n) is 2.66. The Morgan fingerprint density at radius 2 is 2.38 bits per heavy atom. The summed E-state index contributed by atoms with van der Waals surface area (Å²) in [7, 11) is 0. The van der Waals surface area contributed by atoms with E-state index < -0.39 is 0 Å². The highest BCUT2D eigenvalue weighted by Gasteiger charge is 2.01. The largest absolute Gasteiger partial charge is 0.353 e. The molecule has 0 saturated carbocycles. The van der Waals surface area contributed by atoms with E-state index in [2.05, 4.69) is 39.3 Å². The molecule has 0 aliphatic heterocycles. The molecule has 3 heteroatoms. The van der Waals surface area contributed by atoms with E-state index in [4.69, 9.17) is 0 Å². The van der Waals surface area contributed by atoms with Crippen LogP contribution in [0, 0.1) is 0 Å². The fraction of sp³-hybridized carbons (Fsp3) is 0.300. The molecule has 0 aliphatic carbocycles. The van der Waals surface area contributed by atoms with Crippen molar-refractivity contribution in [3.8, 4) is 0 Å². The van der Waals surface area contributed by atoms with Gasteiger partial charge >= 0.3 is 0 Å². The Hall–Kier alpha value is -0.830. The van der Waals surface area contributed by atoms with Gasteiger partial charge in [-0.15, -0.1) is 6.58 Å². The van der Waals surface area contributed by atoms with Gasteiger partial charge < -0.3 is 4.90 Å². The normalized spacial score (nSPS) is 9.69. The van der Waals surface area contributed by atoms with Gasteiger partial charge in [0.15, 0.2) is 0 Å². The average molecular weight is 241 g/mol. The maximum Gasteiger partial charge on any atom is 0.128 e. The minimum absolute atomic E-state index is 0.838. The van der Waals surface area contributed by atoms with Gasteiger partial charge in [-0.25, -0.2) is 4.98 Å². The van der Waals surface area contributed by atoms with E-state index in [1.54, 1.807) is 6.20 Å². The minimum Gasteiger partial charge on any atom is -0.353 e. The summed E-state index contributed by atoms with van der Waals surface area (Å²) in [4.78, 5) is 6.45. The van der Waals surface area contributed by atoms with Crippen molar-refractivity contribution >= 4 is 21.7 Å². The molecule has 0 aliphatic rings. The number of aromatic nitrogens is 1. The molecule has 0 spiro atoms. The van der Waals surface area contributed by atoms with Crippen LogP contribution in [-0.2, 0) is 0 Å².